The van der Waals surface area contributed by atoms with Gasteiger partial charge in [-0.15, -0.1) is 0 Å². The second-order valence-corrected chi connectivity index (χ2v) is 7.68. The molecule has 6 heteroatoms. The number of benzene rings is 2. The number of halogens is 1. The molecule has 0 saturated heterocycles. The van der Waals surface area contributed by atoms with Crippen molar-refractivity contribution in [2.45, 2.75) is 6.92 Å². The number of fused-ring (bicyclic) bond motifs is 1. The highest BCUT2D eigenvalue weighted by molar-refractivity contribution is 7.66. The summed E-state index contributed by atoms with van der Waals surface area (Å²) in [7, 11) is -3.30. The van der Waals surface area contributed by atoms with E-state index >= 15 is 0 Å². The second kappa shape index (κ2) is 5.30. The van der Waals surface area contributed by atoms with Crippen LogP contribution < -0.4 is 5.30 Å². The lowest BCUT2D eigenvalue weighted by atomic mass is 10.2. The van der Waals surface area contributed by atoms with Crippen LogP contribution in [0.5, 0.6) is 0 Å². The summed E-state index contributed by atoms with van der Waals surface area (Å²) >= 11 is 5.85. The molecule has 1 N–H and O–H groups in total. The lowest BCUT2D eigenvalue weighted by Crippen LogP contribution is -2.05. The van der Waals surface area contributed by atoms with Gasteiger partial charge >= 0.3 is 0 Å². The minimum Gasteiger partial charge on any atom is -0.436 e. The van der Waals surface area contributed by atoms with E-state index in [0.717, 1.165) is 5.56 Å². The molecule has 0 saturated carbocycles. The lowest BCUT2D eigenvalue weighted by Gasteiger charge is -2.07. The van der Waals surface area contributed by atoms with Crippen LogP contribution in [-0.2, 0) is 4.57 Å². The fourth-order valence-corrected chi connectivity index (χ4v) is 3.15. The van der Waals surface area contributed by atoms with Crippen molar-refractivity contribution < 1.29 is 13.9 Å². The van der Waals surface area contributed by atoms with Crippen molar-refractivity contribution >= 4 is 35.4 Å². The molecule has 0 fully saturated rings. The fourth-order valence-electron chi connectivity index (χ4n) is 2.03. The van der Waals surface area contributed by atoms with Crippen molar-refractivity contribution in [2.24, 2.45) is 0 Å². The van der Waals surface area contributed by atoms with Gasteiger partial charge in [0.2, 0.25) is 13.3 Å². The molecule has 0 aliphatic rings. The molecule has 0 spiro atoms. The van der Waals surface area contributed by atoms with Gasteiger partial charge in [0.15, 0.2) is 5.58 Å². The Hall–Kier alpha value is -1.61. The third-order valence-electron chi connectivity index (χ3n) is 3.29. The summed E-state index contributed by atoms with van der Waals surface area (Å²) in [5.41, 5.74) is 1.96. The average molecular weight is 322 g/mol. The molecule has 0 aliphatic carbocycles. The first-order chi connectivity index (χ1) is 9.99. The van der Waals surface area contributed by atoms with E-state index in [1.807, 2.05) is 12.1 Å². The van der Waals surface area contributed by atoms with Gasteiger partial charge in [-0.05, 0) is 42.5 Å². The van der Waals surface area contributed by atoms with E-state index in [1.165, 1.54) is 0 Å². The number of aromatic nitrogens is 1. The third kappa shape index (κ3) is 2.75. The van der Waals surface area contributed by atoms with Crippen LogP contribution >= 0.6 is 19.0 Å². The van der Waals surface area contributed by atoms with Gasteiger partial charge in [0.05, 0.1) is 0 Å². The van der Waals surface area contributed by atoms with Gasteiger partial charge < -0.3 is 9.31 Å². The third-order valence-corrected chi connectivity index (χ3v) is 5.49. The van der Waals surface area contributed by atoms with Gasteiger partial charge in [-0.25, -0.2) is 4.98 Å². The van der Waals surface area contributed by atoms with Gasteiger partial charge in [-0.1, -0.05) is 18.5 Å². The predicted octanol–water partition coefficient (Wildman–Crippen LogP) is 4.06. The minimum absolute atomic E-state index is 0.195. The van der Waals surface area contributed by atoms with Gasteiger partial charge in [-0.3, -0.25) is 4.57 Å². The molecule has 0 radical (unpaired) electrons. The maximum absolute atomic E-state index is 12.0. The second-order valence-electron chi connectivity index (χ2n) is 4.70. The van der Waals surface area contributed by atoms with Crippen LogP contribution in [0.3, 0.4) is 0 Å². The predicted molar refractivity (Wildman–Crippen MR) is 84.5 cm³/mol. The van der Waals surface area contributed by atoms with Gasteiger partial charge in [-0.2, -0.15) is 0 Å². The molecular formula is C15H13ClNO3P. The van der Waals surface area contributed by atoms with E-state index in [4.69, 9.17) is 16.0 Å². The monoisotopic (exact) mass is 321 g/mol. The zero-order valence-electron chi connectivity index (χ0n) is 11.3. The van der Waals surface area contributed by atoms with Gasteiger partial charge in [0.25, 0.3) is 0 Å². The maximum atomic E-state index is 12.0. The first kappa shape index (κ1) is 14.3. The number of oxazole rings is 1. The summed E-state index contributed by atoms with van der Waals surface area (Å²) in [5, 5.41) is 1.04. The molecule has 2 aromatic carbocycles. The highest BCUT2D eigenvalue weighted by Crippen LogP contribution is 2.39. The zero-order valence-corrected chi connectivity index (χ0v) is 12.9. The van der Waals surface area contributed by atoms with Crippen LogP contribution in [-0.4, -0.2) is 16.0 Å². The molecule has 0 aliphatic heterocycles. The van der Waals surface area contributed by atoms with Crippen LogP contribution in [0.4, 0.5) is 0 Å². The molecule has 1 heterocycles. The summed E-state index contributed by atoms with van der Waals surface area (Å²) in [5.74, 6) is 0.461. The largest absolute Gasteiger partial charge is 0.436 e. The number of hydrogen-bond acceptors (Lipinski definition) is 3. The Kier molecular flexibility index (Phi) is 3.62. The van der Waals surface area contributed by atoms with Crippen LogP contribution in [0.25, 0.3) is 22.6 Å². The van der Waals surface area contributed by atoms with E-state index in [0.29, 0.717) is 27.3 Å². The van der Waals surface area contributed by atoms with Crippen LogP contribution in [0.15, 0.2) is 46.9 Å². The Labute approximate surface area is 126 Å². The molecule has 3 aromatic rings. The van der Waals surface area contributed by atoms with Gasteiger partial charge in [0.1, 0.15) is 5.52 Å². The highest BCUT2D eigenvalue weighted by Gasteiger charge is 2.20. The molecule has 1 atom stereocenters. The highest BCUT2D eigenvalue weighted by atomic mass is 35.5. The Morgan fingerprint density at radius 1 is 1.24 bits per heavy atom. The van der Waals surface area contributed by atoms with E-state index in [1.54, 1.807) is 37.3 Å². The quantitative estimate of drug-likeness (QED) is 0.739. The van der Waals surface area contributed by atoms with Crippen molar-refractivity contribution in [2.75, 3.05) is 6.16 Å². The van der Waals surface area contributed by atoms with E-state index in [-0.39, 0.29) is 6.16 Å². The number of hydrogen-bond donors (Lipinski definition) is 1. The normalized spacial score (nSPS) is 14.2. The van der Waals surface area contributed by atoms with Crippen LogP contribution in [0.1, 0.15) is 6.92 Å². The minimum atomic E-state index is -3.30. The summed E-state index contributed by atoms with van der Waals surface area (Å²) in [6.45, 7) is 1.69. The van der Waals surface area contributed by atoms with Crippen molar-refractivity contribution in [3.8, 4) is 11.5 Å². The summed E-state index contributed by atoms with van der Waals surface area (Å²) in [4.78, 5) is 14.3. The molecule has 1 unspecified atom stereocenters. The van der Waals surface area contributed by atoms with E-state index in [2.05, 4.69) is 4.98 Å². The fraction of sp³-hybridized carbons (Fsp3) is 0.133. The standard InChI is InChI=1S/C15H13ClNO3P/c1-2-21(18,19)12-7-8-14-13(9-12)17-15(20-14)10-3-5-11(16)6-4-10/h3-9H,2H2,1H3,(H,18,19). The number of nitrogens with zero attached hydrogens (tertiary/aromatic N) is 1. The first-order valence-electron chi connectivity index (χ1n) is 6.48. The van der Waals surface area contributed by atoms with Crippen LogP contribution in [0, 0.1) is 0 Å². The average Bonchev–Trinajstić information content (AvgIpc) is 2.90. The Morgan fingerprint density at radius 3 is 2.62 bits per heavy atom. The Bertz CT molecular complexity index is 842. The molecule has 108 valence electrons. The van der Waals surface area contributed by atoms with E-state index < -0.39 is 7.37 Å². The van der Waals surface area contributed by atoms with Crippen molar-refractivity contribution in [3.05, 3.63) is 47.5 Å². The maximum Gasteiger partial charge on any atom is 0.229 e. The Morgan fingerprint density at radius 2 is 1.95 bits per heavy atom. The van der Waals surface area contributed by atoms with Crippen molar-refractivity contribution in [3.63, 3.8) is 0 Å². The topological polar surface area (TPSA) is 63.3 Å². The van der Waals surface area contributed by atoms with Crippen molar-refractivity contribution in [1.82, 2.24) is 4.98 Å². The SMILES string of the molecule is CCP(=O)(O)c1ccc2oc(-c3ccc(Cl)cc3)nc2c1. The lowest BCUT2D eigenvalue weighted by molar-refractivity contribution is 0.491. The zero-order chi connectivity index (χ0) is 15.0. The van der Waals surface area contributed by atoms with E-state index in [9.17, 15) is 9.46 Å². The molecule has 0 amide bonds. The molecular weight excluding hydrogens is 309 g/mol. The summed E-state index contributed by atoms with van der Waals surface area (Å²) < 4.78 is 17.7. The van der Waals surface area contributed by atoms with Crippen LogP contribution in [0.2, 0.25) is 5.02 Å². The smallest absolute Gasteiger partial charge is 0.229 e. The molecule has 0 bridgehead atoms. The first-order valence-corrected chi connectivity index (χ1v) is 8.71. The molecule has 21 heavy (non-hydrogen) atoms. The summed E-state index contributed by atoms with van der Waals surface area (Å²) in [6.07, 6.45) is 0.195. The molecule has 1 aromatic heterocycles. The summed E-state index contributed by atoms with van der Waals surface area (Å²) in [6, 6.07) is 12.1. The molecule has 3 rings (SSSR count). The Balaban J connectivity index is 2.08. The molecule has 4 nitrogen and oxygen atoms in total. The van der Waals surface area contributed by atoms with Crippen molar-refractivity contribution in [1.29, 1.82) is 0 Å². The number of rotatable bonds is 3. The van der Waals surface area contributed by atoms with Gasteiger partial charge in [0, 0.05) is 22.1 Å².